The number of halogens is 1. The number of benzene rings is 2. The van der Waals surface area contributed by atoms with Gasteiger partial charge >= 0.3 is 0 Å². The second-order valence-corrected chi connectivity index (χ2v) is 9.77. The molecule has 0 saturated carbocycles. The molecule has 0 aliphatic carbocycles. The molecule has 4 rings (SSSR count). The van der Waals surface area contributed by atoms with Gasteiger partial charge in [0.1, 0.15) is 5.65 Å². The predicted molar refractivity (Wildman–Crippen MR) is 125 cm³/mol. The first-order valence-corrected chi connectivity index (χ1v) is 11.6. The SMILES string of the molecule is Cc1ccc(S(=O)(=O)N(C)c2ccc(C(=O)NCc3cn4cc(Cl)ccc4n3)cc2)cc1. The Labute approximate surface area is 191 Å². The van der Waals surface area contributed by atoms with E-state index >= 15 is 0 Å². The largest absolute Gasteiger partial charge is 0.346 e. The van der Waals surface area contributed by atoms with Crippen molar-refractivity contribution in [3.05, 3.63) is 94.9 Å². The minimum absolute atomic E-state index is 0.209. The van der Waals surface area contributed by atoms with Gasteiger partial charge in [0.25, 0.3) is 15.9 Å². The van der Waals surface area contributed by atoms with Crippen LogP contribution in [-0.2, 0) is 16.6 Å². The van der Waals surface area contributed by atoms with Gasteiger partial charge in [-0.3, -0.25) is 9.10 Å². The summed E-state index contributed by atoms with van der Waals surface area (Å²) in [5, 5.41) is 3.42. The van der Waals surface area contributed by atoms with Crippen LogP contribution in [-0.4, -0.2) is 30.8 Å². The lowest BCUT2D eigenvalue weighted by Crippen LogP contribution is -2.27. The molecule has 0 atom stereocenters. The fourth-order valence-electron chi connectivity index (χ4n) is 3.21. The summed E-state index contributed by atoms with van der Waals surface area (Å²) in [5.74, 6) is -0.282. The number of imidazole rings is 1. The van der Waals surface area contributed by atoms with Crippen molar-refractivity contribution in [1.82, 2.24) is 14.7 Å². The summed E-state index contributed by atoms with van der Waals surface area (Å²) in [6, 6.07) is 16.6. The molecule has 2 heterocycles. The highest BCUT2D eigenvalue weighted by Crippen LogP contribution is 2.23. The Bertz CT molecular complexity index is 1380. The maximum absolute atomic E-state index is 12.8. The summed E-state index contributed by atoms with van der Waals surface area (Å²) in [4.78, 5) is 17.2. The number of nitrogens with one attached hydrogen (secondary N) is 1. The molecule has 7 nitrogen and oxygen atoms in total. The van der Waals surface area contributed by atoms with Crippen molar-refractivity contribution in [1.29, 1.82) is 0 Å². The average Bonchev–Trinajstić information content (AvgIpc) is 3.19. The molecule has 9 heteroatoms. The van der Waals surface area contributed by atoms with E-state index in [-0.39, 0.29) is 17.3 Å². The molecule has 0 bridgehead atoms. The van der Waals surface area contributed by atoms with Crippen LogP contribution >= 0.6 is 11.6 Å². The normalized spacial score (nSPS) is 11.5. The highest BCUT2D eigenvalue weighted by atomic mass is 35.5. The molecular formula is C23H21ClN4O3S. The van der Waals surface area contributed by atoms with E-state index in [1.807, 2.05) is 6.92 Å². The van der Waals surface area contributed by atoms with Crippen molar-refractivity contribution in [2.24, 2.45) is 0 Å². The van der Waals surface area contributed by atoms with Crippen molar-refractivity contribution in [2.75, 3.05) is 11.4 Å². The number of pyridine rings is 1. The van der Waals surface area contributed by atoms with Crippen LogP contribution in [0.25, 0.3) is 5.65 Å². The van der Waals surface area contributed by atoms with Crippen LogP contribution < -0.4 is 9.62 Å². The Balaban J connectivity index is 1.44. The fraction of sp³-hybridized carbons (Fsp3) is 0.130. The molecule has 0 aliphatic rings. The first-order valence-electron chi connectivity index (χ1n) is 9.81. The zero-order valence-electron chi connectivity index (χ0n) is 17.5. The summed E-state index contributed by atoms with van der Waals surface area (Å²) in [6.45, 7) is 2.15. The zero-order valence-corrected chi connectivity index (χ0v) is 19.1. The first kappa shape index (κ1) is 21.9. The van der Waals surface area contributed by atoms with Gasteiger partial charge in [-0.1, -0.05) is 29.3 Å². The van der Waals surface area contributed by atoms with Gasteiger partial charge in [0.05, 0.1) is 27.8 Å². The molecule has 4 aromatic rings. The van der Waals surface area contributed by atoms with Gasteiger partial charge in [-0.05, 0) is 55.5 Å². The number of anilines is 1. The number of aryl methyl sites for hydroxylation is 1. The Hall–Kier alpha value is -3.36. The maximum Gasteiger partial charge on any atom is 0.264 e. The van der Waals surface area contributed by atoms with E-state index < -0.39 is 10.0 Å². The molecular weight excluding hydrogens is 448 g/mol. The van der Waals surface area contributed by atoms with Crippen LogP contribution in [0.3, 0.4) is 0 Å². The highest BCUT2D eigenvalue weighted by molar-refractivity contribution is 7.92. The van der Waals surface area contributed by atoms with Crippen molar-refractivity contribution < 1.29 is 13.2 Å². The Morgan fingerprint density at radius 3 is 2.41 bits per heavy atom. The molecule has 0 radical (unpaired) electrons. The van der Waals surface area contributed by atoms with Crippen molar-refractivity contribution in [3.8, 4) is 0 Å². The average molecular weight is 469 g/mol. The molecule has 2 aromatic carbocycles. The van der Waals surface area contributed by atoms with E-state index in [1.54, 1.807) is 77.5 Å². The van der Waals surface area contributed by atoms with Crippen LogP contribution in [0.5, 0.6) is 0 Å². The van der Waals surface area contributed by atoms with Gasteiger partial charge in [-0.15, -0.1) is 0 Å². The topological polar surface area (TPSA) is 83.8 Å². The molecule has 0 saturated heterocycles. The van der Waals surface area contributed by atoms with Gasteiger partial charge in [-0.2, -0.15) is 0 Å². The van der Waals surface area contributed by atoms with E-state index in [1.165, 1.54) is 11.4 Å². The third-order valence-corrected chi connectivity index (χ3v) is 7.09. The predicted octanol–water partition coefficient (Wildman–Crippen LogP) is 4.05. The summed E-state index contributed by atoms with van der Waals surface area (Å²) >= 11 is 5.98. The molecule has 2 aromatic heterocycles. The quantitative estimate of drug-likeness (QED) is 0.462. The Morgan fingerprint density at radius 1 is 1.03 bits per heavy atom. The van der Waals surface area contributed by atoms with E-state index in [0.29, 0.717) is 22.0 Å². The maximum atomic E-state index is 12.8. The molecule has 32 heavy (non-hydrogen) atoms. The van der Waals surface area contributed by atoms with Crippen molar-refractivity contribution >= 4 is 38.9 Å². The lowest BCUT2D eigenvalue weighted by molar-refractivity contribution is 0.0950. The number of carbonyl (C=O) groups excluding carboxylic acids is 1. The van der Waals surface area contributed by atoms with Gasteiger partial charge in [0, 0.05) is 25.0 Å². The number of carbonyl (C=O) groups is 1. The minimum Gasteiger partial charge on any atom is -0.346 e. The second-order valence-electron chi connectivity index (χ2n) is 7.36. The van der Waals surface area contributed by atoms with E-state index in [4.69, 9.17) is 11.6 Å². The number of fused-ring (bicyclic) bond motifs is 1. The third-order valence-electron chi connectivity index (χ3n) is 5.07. The van der Waals surface area contributed by atoms with Crippen molar-refractivity contribution in [3.63, 3.8) is 0 Å². The number of amides is 1. The minimum atomic E-state index is -3.69. The second kappa shape index (κ2) is 8.64. The van der Waals surface area contributed by atoms with Gasteiger partial charge < -0.3 is 9.72 Å². The van der Waals surface area contributed by atoms with Crippen LogP contribution in [0.1, 0.15) is 21.6 Å². The molecule has 164 valence electrons. The third kappa shape index (κ3) is 4.46. The number of nitrogens with zero attached hydrogens (tertiary/aromatic N) is 3. The van der Waals surface area contributed by atoms with Gasteiger partial charge in [-0.25, -0.2) is 13.4 Å². The summed E-state index contributed by atoms with van der Waals surface area (Å²) in [6.07, 6.45) is 3.55. The molecule has 0 unspecified atom stereocenters. The lowest BCUT2D eigenvalue weighted by atomic mass is 10.2. The number of aromatic nitrogens is 2. The van der Waals surface area contributed by atoms with E-state index in [9.17, 15) is 13.2 Å². The fourth-order valence-corrected chi connectivity index (χ4v) is 4.57. The first-order chi connectivity index (χ1) is 15.2. The number of hydrogen-bond donors (Lipinski definition) is 1. The lowest BCUT2D eigenvalue weighted by Gasteiger charge is -2.20. The van der Waals surface area contributed by atoms with Crippen LogP contribution in [0.2, 0.25) is 5.02 Å². The molecule has 1 amide bonds. The van der Waals surface area contributed by atoms with Crippen LogP contribution in [0, 0.1) is 6.92 Å². The van der Waals surface area contributed by atoms with E-state index in [2.05, 4.69) is 10.3 Å². The van der Waals surface area contributed by atoms with Gasteiger partial charge in [0.2, 0.25) is 0 Å². The summed E-state index contributed by atoms with van der Waals surface area (Å²) in [7, 11) is -2.21. The number of sulfonamides is 1. The van der Waals surface area contributed by atoms with E-state index in [0.717, 1.165) is 11.2 Å². The molecule has 0 fully saturated rings. The molecule has 1 N–H and O–H groups in total. The standard InChI is InChI=1S/C23H21ClN4O3S/c1-16-3-10-21(11-4-16)32(30,31)27(2)20-8-5-17(6-9-20)23(29)25-13-19-15-28-14-18(24)7-12-22(28)26-19/h3-12,14-15H,13H2,1-2H3,(H,25,29). The van der Waals surface area contributed by atoms with Gasteiger partial charge in [0.15, 0.2) is 0 Å². The Kier molecular flexibility index (Phi) is 5.90. The van der Waals surface area contributed by atoms with Crippen LogP contribution in [0.15, 0.2) is 78.0 Å². The molecule has 0 spiro atoms. The van der Waals surface area contributed by atoms with Crippen LogP contribution in [0.4, 0.5) is 5.69 Å². The Morgan fingerprint density at radius 2 is 1.72 bits per heavy atom. The zero-order chi connectivity index (χ0) is 22.9. The van der Waals surface area contributed by atoms with Crippen molar-refractivity contribution in [2.45, 2.75) is 18.4 Å². The monoisotopic (exact) mass is 468 g/mol. The number of rotatable bonds is 6. The summed E-state index contributed by atoms with van der Waals surface area (Å²) in [5.41, 5.74) is 3.29. The molecule has 0 aliphatic heterocycles. The smallest absolute Gasteiger partial charge is 0.264 e. The highest BCUT2D eigenvalue weighted by Gasteiger charge is 2.21. The number of hydrogen-bond acceptors (Lipinski definition) is 4. The summed E-state index contributed by atoms with van der Waals surface area (Å²) < 4.78 is 28.7.